The smallest absolute Gasteiger partial charge is 0.230 e. The Balaban J connectivity index is 1.56. The topological polar surface area (TPSA) is 22.2 Å². The average molecular weight is 453 g/mol. The lowest BCUT2D eigenvalue weighted by Crippen LogP contribution is -2.61. The highest BCUT2D eigenvalue weighted by molar-refractivity contribution is 6.37. The van der Waals surface area contributed by atoms with Crippen LogP contribution in [0.25, 0.3) is 0 Å². The summed E-state index contributed by atoms with van der Waals surface area (Å²) >= 11 is 0. The number of likely N-dealkylation sites (N-methyl/N-ethyl adjacent to an activating group) is 2. The number of hydrogen-bond donors (Lipinski definition) is 0. The molecule has 0 aromatic rings. The van der Waals surface area contributed by atoms with E-state index < -0.39 is 0 Å². The van der Waals surface area contributed by atoms with Crippen molar-refractivity contribution in [3.05, 3.63) is 0 Å². The first-order valence-electron chi connectivity index (χ1n) is 12.3. The van der Waals surface area contributed by atoms with Crippen LogP contribution in [0.1, 0.15) is 59.3 Å². The van der Waals surface area contributed by atoms with E-state index in [1.165, 1.54) is 103 Å². The predicted molar refractivity (Wildman–Crippen MR) is 132 cm³/mol. The van der Waals surface area contributed by atoms with E-state index in [-0.39, 0.29) is 5.60 Å². The summed E-state index contributed by atoms with van der Waals surface area (Å²) in [5, 5.41) is 0. The molecule has 0 spiro atoms. The van der Waals surface area contributed by atoms with Crippen LogP contribution in [0.15, 0.2) is 0 Å². The summed E-state index contributed by atoms with van der Waals surface area (Å²) in [6.45, 7) is 16.4. The van der Waals surface area contributed by atoms with Crippen molar-refractivity contribution in [2.24, 2.45) is 0 Å². The monoisotopic (exact) mass is 452 g/mol. The summed E-state index contributed by atoms with van der Waals surface area (Å²) in [5.41, 5.74) is 0.0331. The summed E-state index contributed by atoms with van der Waals surface area (Å²) in [4.78, 5) is 10.6. The van der Waals surface area contributed by atoms with Crippen molar-refractivity contribution in [1.29, 1.82) is 0 Å². The first-order valence-corrected chi connectivity index (χ1v) is 14.7. The van der Waals surface area contributed by atoms with E-state index >= 15 is 0 Å². The molecule has 0 aliphatic carbocycles. The van der Waals surface area contributed by atoms with Gasteiger partial charge >= 0.3 is 0 Å². The Hall–Kier alpha value is 0.234. The molecule has 30 heavy (non-hydrogen) atoms. The highest BCUT2D eigenvalue weighted by atomic mass is 28.2. The van der Waals surface area contributed by atoms with E-state index in [0.717, 1.165) is 9.52 Å². The maximum atomic E-state index is 5.84. The molecule has 2 aliphatic heterocycles. The van der Waals surface area contributed by atoms with Gasteiger partial charge in [0.2, 0.25) is 9.76 Å². The van der Waals surface area contributed by atoms with Gasteiger partial charge in [0.05, 0.1) is 9.52 Å². The fourth-order valence-corrected chi connectivity index (χ4v) is 6.82. The molecule has 5 nitrogen and oxygen atoms in total. The molecule has 4 radical (unpaired) electrons. The van der Waals surface area contributed by atoms with Crippen LogP contribution in [-0.4, -0.2) is 117 Å². The molecular formula is C23H48N4OSi2. The third-order valence-electron chi connectivity index (χ3n) is 6.18. The van der Waals surface area contributed by atoms with Gasteiger partial charge in [-0.3, -0.25) is 9.80 Å². The fraction of sp³-hybridized carbons (Fsp3) is 1.00. The second-order valence-corrected chi connectivity index (χ2v) is 12.7. The molecule has 0 aromatic heterocycles. The molecular weight excluding hydrogens is 404 g/mol. The van der Waals surface area contributed by atoms with Crippen molar-refractivity contribution in [3.8, 4) is 0 Å². The van der Waals surface area contributed by atoms with Crippen LogP contribution in [-0.2, 0) is 4.43 Å². The van der Waals surface area contributed by atoms with Crippen molar-refractivity contribution in [1.82, 2.24) is 19.6 Å². The van der Waals surface area contributed by atoms with Gasteiger partial charge in [0, 0.05) is 63.7 Å². The zero-order chi connectivity index (χ0) is 21.8. The number of nitrogens with zero attached hydrogens (tertiary/aromatic N) is 4. The Morgan fingerprint density at radius 2 is 1.10 bits per heavy atom. The number of hydrogen-bond acceptors (Lipinski definition) is 5. The Labute approximate surface area is 192 Å². The van der Waals surface area contributed by atoms with Gasteiger partial charge in [0.15, 0.2) is 0 Å². The molecule has 2 fully saturated rings. The third kappa shape index (κ3) is 11.2. The SMILES string of the molecule is CN1CCN(C([Si]CCCCCCCC[Si]OC(C)(C)C)N2CCN(C)CC2)CC1. The van der Waals surface area contributed by atoms with Crippen LogP contribution in [0.2, 0.25) is 12.1 Å². The molecule has 0 amide bonds. The first-order chi connectivity index (χ1) is 14.3. The largest absolute Gasteiger partial charge is 0.413 e. The maximum absolute atomic E-state index is 5.84. The van der Waals surface area contributed by atoms with E-state index in [1.807, 2.05) is 0 Å². The van der Waals surface area contributed by atoms with Gasteiger partial charge in [0.1, 0.15) is 0 Å². The Morgan fingerprint density at radius 3 is 1.57 bits per heavy atom. The number of unbranched alkanes of at least 4 members (excludes halogenated alkanes) is 5. The molecule has 0 saturated carbocycles. The van der Waals surface area contributed by atoms with E-state index in [1.54, 1.807) is 0 Å². The van der Waals surface area contributed by atoms with E-state index in [9.17, 15) is 0 Å². The average Bonchev–Trinajstić information content (AvgIpc) is 2.70. The molecule has 0 bridgehead atoms. The Kier molecular flexibility index (Phi) is 12.7. The Bertz CT molecular complexity index is 411. The van der Waals surface area contributed by atoms with Crippen LogP contribution in [0.3, 0.4) is 0 Å². The van der Waals surface area contributed by atoms with Gasteiger partial charge in [0.25, 0.3) is 0 Å². The summed E-state index contributed by atoms with van der Waals surface area (Å²) in [6, 6.07) is 2.67. The van der Waals surface area contributed by atoms with E-state index in [0.29, 0.717) is 15.6 Å². The first kappa shape index (κ1) is 26.5. The lowest BCUT2D eigenvalue weighted by atomic mass is 10.1. The second kappa shape index (κ2) is 14.4. The van der Waals surface area contributed by atoms with Crippen LogP contribution in [0, 0.1) is 0 Å². The van der Waals surface area contributed by atoms with Crippen molar-refractivity contribution < 1.29 is 4.43 Å². The molecule has 2 aliphatic rings. The summed E-state index contributed by atoms with van der Waals surface area (Å²) in [7, 11) is 6.29. The van der Waals surface area contributed by atoms with Crippen LogP contribution in [0.4, 0.5) is 0 Å². The molecule has 2 heterocycles. The molecule has 174 valence electrons. The van der Waals surface area contributed by atoms with Gasteiger partial charge in [-0.2, -0.15) is 0 Å². The number of piperazine rings is 2. The minimum Gasteiger partial charge on any atom is -0.413 e. The van der Waals surface area contributed by atoms with Crippen molar-refractivity contribution in [2.75, 3.05) is 66.5 Å². The molecule has 0 aromatic carbocycles. The lowest BCUT2D eigenvalue weighted by molar-refractivity contribution is 0.0311. The van der Waals surface area contributed by atoms with Gasteiger partial charge in [-0.15, -0.1) is 0 Å². The highest BCUT2D eigenvalue weighted by Crippen LogP contribution is 2.15. The highest BCUT2D eigenvalue weighted by Gasteiger charge is 2.29. The van der Waals surface area contributed by atoms with Gasteiger partial charge in [-0.05, 0) is 40.9 Å². The molecule has 2 saturated heterocycles. The van der Waals surface area contributed by atoms with Crippen LogP contribution < -0.4 is 0 Å². The molecule has 0 atom stereocenters. The van der Waals surface area contributed by atoms with Crippen LogP contribution >= 0.6 is 0 Å². The zero-order valence-corrected chi connectivity index (χ0v) is 22.6. The van der Waals surface area contributed by atoms with Crippen LogP contribution in [0.5, 0.6) is 0 Å². The normalized spacial score (nSPS) is 21.0. The van der Waals surface area contributed by atoms with E-state index in [2.05, 4.69) is 54.5 Å². The summed E-state index contributed by atoms with van der Waals surface area (Å²) < 4.78 is 5.84. The van der Waals surface area contributed by atoms with E-state index in [4.69, 9.17) is 4.43 Å². The summed E-state index contributed by atoms with van der Waals surface area (Å²) in [5.74, 6) is 0.705. The van der Waals surface area contributed by atoms with Gasteiger partial charge in [-0.1, -0.05) is 44.6 Å². The lowest BCUT2D eigenvalue weighted by Gasteiger charge is -2.45. The van der Waals surface area contributed by atoms with Crippen molar-refractivity contribution in [3.63, 3.8) is 0 Å². The Morgan fingerprint density at radius 1 is 0.667 bits per heavy atom. The fourth-order valence-electron chi connectivity index (χ4n) is 4.15. The maximum Gasteiger partial charge on any atom is 0.230 e. The minimum atomic E-state index is 0.0331. The quantitative estimate of drug-likeness (QED) is 0.315. The molecule has 2 rings (SSSR count). The van der Waals surface area contributed by atoms with Crippen molar-refractivity contribution in [2.45, 2.75) is 82.8 Å². The van der Waals surface area contributed by atoms with Gasteiger partial charge < -0.3 is 14.2 Å². The summed E-state index contributed by atoms with van der Waals surface area (Å²) in [6.07, 6.45) is 8.39. The second-order valence-electron chi connectivity index (χ2n) is 10.2. The molecule has 0 N–H and O–H groups in total. The van der Waals surface area contributed by atoms with Crippen molar-refractivity contribution >= 4 is 19.3 Å². The molecule has 7 heteroatoms. The predicted octanol–water partition coefficient (Wildman–Crippen LogP) is 3.08. The zero-order valence-electron chi connectivity index (χ0n) is 20.6. The number of rotatable bonds is 13. The third-order valence-corrected chi connectivity index (χ3v) is 9.23. The minimum absolute atomic E-state index is 0.0331. The van der Waals surface area contributed by atoms with Gasteiger partial charge in [-0.25, -0.2) is 0 Å². The molecule has 0 unspecified atom stereocenters. The standard InChI is InChI=1S/C23H48N4OSi2/c1-23(2,3)28-30-21-11-9-7-6-8-10-20-29-22(26-16-12-24(4)13-17-26)27-18-14-25(5)15-19-27/h22H,6-21H2,1-5H3.